The molecule has 27 heavy (non-hydrogen) atoms. The van der Waals surface area contributed by atoms with Gasteiger partial charge in [-0.05, 0) is 36.2 Å². The molecule has 1 N–H and O–H groups in total. The fourth-order valence-corrected chi connectivity index (χ4v) is 3.75. The van der Waals surface area contributed by atoms with Crippen molar-refractivity contribution in [3.63, 3.8) is 0 Å². The van der Waals surface area contributed by atoms with E-state index in [1.807, 2.05) is 48.5 Å². The summed E-state index contributed by atoms with van der Waals surface area (Å²) >= 11 is 0. The average molecular weight is 363 g/mol. The molecule has 3 aromatic rings. The Hall–Kier alpha value is -3.15. The van der Waals surface area contributed by atoms with Gasteiger partial charge < -0.3 is 14.6 Å². The zero-order chi connectivity index (χ0) is 19.0. The Morgan fingerprint density at radius 1 is 1.19 bits per heavy atom. The van der Waals surface area contributed by atoms with Crippen LogP contribution >= 0.6 is 0 Å². The number of carbonyl (C=O) groups is 2. The number of carboxylic acids is 1. The number of para-hydroxylation sites is 2. The quantitative estimate of drug-likeness (QED) is 0.755. The average Bonchev–Trinajstić information content (AvgIpc) is 3.22. The molecule has 1 fully saturated rings. The molecule has 0 spiro atoms. The molecule has 1 aliphatic heterocycles. The zero-order valence-electron chi connectivity index (χ0n) is 15.1. The minimum absolute atomic E-state index is 0.0400. The molecule has 0 radical (unpaired) electrons. The van der Waals surface area contributed by atoms with Gasteiger partial charge in [-0.2, -0.15) is 0 Å². The molecular formula is C21H21N3O3. The Labute approximate surface area is 157 Å². The van der Waals surface area contributed by atoms with E-state index in [4.69, 9.17) is 0 Å². The number of amides is 1. The van der Waals surface area contributed by atoms with Crippen molar-refractivity contribution in [1.29, 1.82) is 0 Å². The lowest BCUT2D eigenvalue weighted by atomic mass is 10.1. The molecule has 0 bridgehead atoms. The summed E-state index contributed by atoms with van der Waals surface area (Å²) in [7, 11) is 0. The van der Waals surface area contributed by atoms with Gasteiger partial charge in [0, 0.05) is 24.6 Å². The molecule has 1 saturated heterocycles. The smallest absolute Gasteiger partial charge is 0.323 e. The molecule has 6 heteroatoms. The van der Waals surface area contributed by atoms with Gasteiger partial charge in [0.25, 0.3) is 0 Å². The summed E-state index contributed by atoms with van der Waals surface area (Å²) in [6, 6.07) is 15.5. The number of aliphatic carboxylic acids is 1. The molecule has 6 nitrogen and oxygen atoms in total. The third-order valence-corrected chi connectivity index (χ3v) is 5.12. The number of hydrogen-bond acceptors (Lipinski definition) is 3. The van der Waals surface area contributed by atoms with Crippen LogP contribution in [0.2, 0.25) is 0 Å². The van der Waals surface area contributed by atoms with Crippen molar-refractivity contribution in [2.45, 2.75) is 32.2 Å². The van der Waals surface area contributed by atoms with Gasteiger partial charge in [-0.25, -0.2) is 4.98 Å². The number of nitrogens with zero attached hydrogens (tertiary/aromatic N) is 3. The van der Waals surface area contributed by atoms with Crippen LogP contribution in [0, 0.1) is 0 Å². The Morgan fingerprint density at radius 2 is 1.93 bits per heavy atom. The van der Waals surface area contributed by atoms with Gasteiger partial charge in [0.15, 0.2) is 0 Å². The molecule has 2 aromatic carbocycles. The van der Waals surface area contributed by atoms with E-state index in [2.05, 4.69) is 11.9 Å². The lowest BCUT2D eigenvalue weighted by molar-refractivity contribution is -0.137. The number of benzene rings is 2. The second-order valence-corrected chi connectivity index (χ2v) is 6.86. The van der Waals surface area contributed by atoms with Crippen LogP contribution in [0.3, 0.4) is 0 Å². The van der Waals surface area contributed by atoms with Crippen LogP contribution in [0.5, 0.6) is 0 Å². The molecule has 0 saturated carbocycles. The van der Waals surface area contributed by atoms with Crippen molar-refractivity contribution < 1.29 is 14.7 Å². The predicted octanol–water partition coefficient (Wildman–Crippen LogP) is 3.20. The lowest BCUT2D eigenvalue weighted by Gasteiger charge is -2.17. The fraction of sp³-hybridized carbons (Fsp3) is 0.286. The number of aryl methyl sites for hydroxylation is 1. The van der Waals surface area contributed by atoms with Crippen LogP contribution in [0.4, 0.5) is 5.69 Å². The number of rotatable bonds is 5. The predicted molar refractivity (Wildman–Crippen MR) is 103 cm³/mol. The number of carboxylic acid groups (broad SMARTS) is 1. The van der Waals surface area contributed by atoms with Gasteiger partial charge in [0.2, 0.25) is 5.91 Å². The molecule has 1 unspecified atom stereocenters. The van der Waals surface area contributed by atoms with E-state index in [-0.39, 0.29) is 18.4 Å². The summed E-state index contributed by atoms with van der Waals surface area (Å²) in [4.78, 5) is 30.4. The van der Waals surface area contributed by atoms with E-state index in [0.29, 0.717) is 18.8 Å². The molecule has 4 rings (SSSR count). The molecule has 2 heterocycles. The molecule has 1 aromatic heterocycles. The normalized spacial score (nSPS) is 17.0. The maximum absolute atomic E-state index is 12.6. The summed E-state index contributed by atoms with van der Waals surface area (Å²) in [6.45, 7) is 2.44. The summed E-state index contributed by atoms with van der Waals surface area (Å²) in [5.74, 6) is -0.344. The van der Waals surface area contributed by atoms with Crippen molar-refractivity contribution in [2.24, 2.45) is 0 Å². The molecule has 1 atom stereocenters. The Balaban J connectivity index is 1.68. The first-order valence-electron chi connectivity index (χ1n) is 9.13. The number of carbonyl (C=O) groups excluding carboxylic acids is 1. The van der Waals surface area contributed by atoms with Gasteiger partial charge in [-0.3, -0.25) is 9.59 Å². The van der Waals surface area contributed by atoms with Crippen LogP contribution in [-0.2, 0) is 22.6 Å². The van der Waals surface area contributed by atoms with Crippen LogP contribution in [0.25, 0.3) is 11.0 Å². The van der Waals surface area contributed by atoms with E-state index >= 15 is 0 Å². The Morgan fingerprint density at radius 3 is 2.63 bits per heavy atom. The molecule has 1 aliphatic rings. The summed E-state index contributed by atoms with van der Waals surface area (Å²) in [5, 5.41) is 9.32. The van der Waals surface area contributed by atoms with Gasteiger partial charge in [0.05, 0.1) is 11.0 Å². The fourth-order valence-electron chi connectivity index (χ4n) is 3.75. The molecular weight excluding hydrogens is 342 g/mol. The largest absolute Gasteiger partial charge is 0.480 e. The van der Waals surface area contributed by atoms with Crippen molar-refractivity contribution >= 4 is 28.6 Å². The monoisotopic (exact) mass is 363 g/mol. The molecule has 1 amide bonds. The first-order chi connectivity index (χ1) is 13.1. The van der Waals surface area contributed by atoms with E-state index in [1.54, 1.807) is 9.47 Å². The van der Waals surface area contributed by atoms with E-state index in [0.717, 1.165) is 23.1 Å². The lowest BCUT2D eigenvalue weighted by Crippen LogP contribution is -2.24. The van der Waals surface area contributed by atoms with E-state index in [1.165, 1.54) is 5.56 Å². The van der Waals surface area contributed by atoms with Crippen LogP contribution < -0.4 is 4.90 Å². The first kappa shape index (κ1) is 17.3. The maximum Gasteiger partial charge on any atom is 0.323 e. The standard InChI is InChI=1S/C21H21N3O3/c1-2-14-7-9-16(10-8-14)23-12-15(11-19(23)25)21-22-17-5-3-4-6-18(17)24(21)13-20(26)27/h3-10,15H,2,11-13H2,1H3,(H,26,27). The highest BCUT2D eigenvalue weighted by molar-refractivity contribution is 5.96. The van der Waals surface area contributed by atoms with Gasteiger partial charge >= 0.3 is 5.97 Å². The van der Waals surface area contributed by atoms with Gasteiger partial charge in [-0.15, -0.1) is 0 Å². The summed E-state index contributed by atoms with van der Waals surface area (Å²) in [6.07, 6.45) is 1.29. The van der Waals surface area contributed by atoms with E-state index in [9.17, 15) is 14.7 Å². The molecule has 138 valence electrons. The number of aromatic nitrogens is 2. The third kappa shape index (κ3) is 3.18. The summed E-state index contributed by atoms with van der Waals surface area (Å²) < 4.78 is 1.72. The minimum Gasteiger partial charge on any atom is -0.480 e. The number of fused-ring (bicyclic) bond motifs is 1. The van der Waals surface area contributed by atoms with Gasteiger partial charge in [-0.1, -0.05) is 31.2 Å². The topological polar surface area (TPSA) is 75.4 Å². The van der Waals surface area contributed by atoms with Crippen molar-refractivity contribution in [3.05, 3.63) is 59.9 Å². The summed E-state index contributed by atoms with van der Waals surface area (Å²) in [5.41, 5.74) is 3.64. The second kappa shape index (κ2) is 6.87. The minimum atomic E-state index is -0.921. The van der Waals surface area contributed by atoms with Crippen molar-refractivity contribution in [2.75, 3.05) is 11.4 Å². The first-order valence-corrected chi connectivity index (χ1v) is 9.13. The number of anilines is 1. The van der Waals surface area contributed by atoms with Crippen LogP contribution in [0.15, 0.2) is 48.5 Å². The van der Waals surface area contributed by atoms with Crippen LogP contribution in [-0.4, -0.2) is 33.1 Å². The zero-order valence-corrected chi connectivity index (χ0v) is 15.1. The number of hydrogen-bond donors (Lipinski definition) is 1. The second-order valence-electron chi connectivity index (χ2n) is 6.86. The van der Waals surface area contributed by atoms with Crippen molar-refractivity contribution in [3.8, 4) is 0 Å². The van der Waals surface area contributed by atoms with Crippen LogP contribution in [0.1, 0.15) is 30.7 Å². The Kier molecular flexibility index (Phi) is 4.39. The molecule has 0 aliphatic carbocycles. The van der Waals surface area contributed by atoms with E-state index < -0.39 is 5.97 Å². The Bertz CT molecular complexity index is 1010. The SMILES string of the molecule is CCc1ccc(N2CC(c3nc4ccccc4n3CC(=O)O)CC2=O)cc1. The van der Waals surface area contributed by atoms with Crippen molar-refractivity contribution in [1.82, 2.24) is 9.55 Å². The third-order valence-electron chi connectivity index (χ3n) is 5.12. The van der Waals surface area contributed by atoms with Gasteiger partial charge in [0.1, 0.15) is 12.4 Å². The highest BCUT2D eigenvalue weighted by Gasteiger charge is 2.35. The highest BCUT2D eigenvalue weighted by atomic mass is 16.4. The number of imidazole rings is 1. The highest BCUT2D eigenvalue weighted by Crippen LogP contribution is 2.33. The maximum atomic E-state index is 12.6.